The van der Waals surface area contributed by atoms with Gasteiger partial charge in [-0.25, -0.2) is 4.39 Å². The van der Waals surface area contributed by atoms with Gasteiger partial charge in [-0.3, -0.25) is 4.98 Å². The molecule has 0 radical (unpaired) electrons. The van der Waals surface area contributed by atoms with Crippen LogP contribution in [0.1, 0.15) is 11.6 Å². The number of nitrogens with one attached hydrogen (secondary N) is 1. The molecule has 3 nitrogen and oxygen atoms in total. The Kier molecular flexibility index (Phi) is 2.42. The molecule has 1 saturated heterocycles. The lowest BCUT2D eigenvalue weighted by Gasteiger charge is -2.11. The van der Waals surface area contributed by atoms with Crippen LogP contribution in [0, 0.1) is 23.1 Å². The van der Waals surface area contributed by atoms with Crippen molar-refractivity contribution in [3.05, 3.63) is 29.8 Å². The molecule has 1 aromatic heterocycles. The van der Waals surface area contributed by atoms with Gasteiger partial charge < -0.3 is 5.32 Å². The Hall–Kier alpha value is -1.47. The average Bonchev–Trinajstić information content (AvgIpc) is 2.66. The predicted molar refractivity (Wildman–Crippen MR) is 48.9 cm³/mol. The van der Waals surface area contributed by atoms with Gasteiger partial charge in [0, 0.05) is 25.2 Å². The maximum absolute atomic E-state index is 13.4. The molecule has 0 bridgehead atoms. The van der Waals surface area contributed by atoms with Gasteiger partial charge in [0.15, 0.2) is 0 Å². The average molecular weight is 191 g/mol. The third kappa shape index (κ3) is 1.47. The van der Waals surface area contributed by atoms with Crippen LogP contribution < -0.4 is 5.32 Å². The Bertz CT molecular complexity index is 372. The fourth-order valence-electron chi connectivity index (χ4n) is 1.77. The highest BCUT2D eigenvalue weighted by molar-refractivity contribution is 5.18. The van der Waals surface area contributed by atoms with E-state index in [2.05, 4.69) is 16.4 Å². The number of hydrogen-bond acceptors (Lipinski definition) is 3. The first-order valence-electron chi connectivity index (χ1n) is 4.53. The van der Waals surface area contributed by atoms with Crippen LogP contribution in [0.4, 0.5) is 4.39 Å². The summed E-state index contributed by atoms with van der Waals surface area (Å²) in [4.78, 5) is 3.99. The van der Waals surface area contributed by atoms with Crippen molar-refractivity contribution >= 4 is 0 Å². The first-order valence-corrected chi connectivity index (χ1v) is 4.53. The summed E-state index contributed by atoms with van der Waals surface area (Å²) in [7, 11) is 0. The topological polar surface area (TPSA) is 48.7 Å². The van der Waals surface area contributed by atoms with E-state index in [0.717, 1.165) is 0 Å². The van der Waals surface area contributed by atoms with Gasteiger partial charge in [0.05, 0.1) is 17.7 Å². The van der Waals surface area contributed by atoms with Crippen molar-refractivity contribution in [1.29, 1.82) is 5.26 Å². The molecule has 2 heterocycles. The Morgan fingerprint density at radius 1 is 1.57 bits per heavy atom. The third-order valence-electron chi connectivity index (χ3n) is 2.52. The lowest BCUT2D eigenvalue weighted by Crippen LogP contribution is -2.12. The van der Waals surface area contributed by atoms with Crippen molar-refractivity contribution in [1.82, 2.24) is 10.3 Å². The molecule has 1 aliphatic rings. The van der Waals surface area contributed by atoms with Gasteiger partial charge >= 0.3 is 0 Å². The second-order valence-electron chi connectivity index (χ2n) is 3.37. The third-order valence-corrected chi connectivity index (χ3v) is 2.52. The van der Waals surface area contributed by atoms with Crippen molar-refractivity contribution in [3.8, 4) is 6.07 Å². The number of hydrogen-bond donors (Lipinski definition) is 1. The van der Waals surface area contributed by atoms with Crippen LogP contribution >= 0.6 is 0 Å². The van der Waals surface area contributed by atoms with Gasteiger partial charge in [0.25, 0.3) is 0 Å². The van der Waals surface area contributed by atoms with E-state index in [0.29, 0.717) is 18.8 Å². The van der Waals surface area contributed by atoms with Crippen molar-refractivity contribution in [2.24, 2.45) is 5.92 Å². The zero-order valence-electron chi connectivity index (χ0n) is 7.57. The molecule has 0 amide bonds. The molecule has 0 aromatic carbocycles. The summed E-state index contributed by atoms with van der Waals surface area (Å²) in [6.45, 7) is 1.25. The maximum atomic E-state index is 13.4. The summed E-state index contributed by atoms with van der Waals surface area (Å²) in [5.41, 5.74) is 0.407. The van der Waals surface area contributed by atoms with Crippen LogP contribution in [-0.2, 0) is 0 Å². The molecule has 1 fully saturated rings. The highest BCUT2D eigenvalue weighted by Crippen LogP contribution is 2.27. The molecular formula is C10H10FN3. The molecule has 14 heavy (non-hydrogen) atoms. The first-order chi connectivity index (χ1) is 6.83. The van der Waals surface area contributed by atoms with Gasteiger partial charge in [-0.05, 0) is 12.1 Å². The number of pyridine rings is 1. The van der Waals surface area contributed by atoms with Crippen molar-refractivity contribution in [2.45, 2.75) is 5.92 Å². The summed E-state index contributed by atoms with van der Waals surface area (Å²) in [5.74, 6) is -0.595. The fourth-order valence-corrected chi connectivity index (χ4v) is 1.77. The van der Waals surface area contributed by atoms with E-state index in [1.807, 2.05) is 0 Å². The van der Waals surface area contributed by atoms with Crippen LogP contribution in [0.3, 0.4) is 0 Å². The first kappa shape index (κ1) is 9.10. The predicted octanol–water partition coefficient (Wildman–Crippen LogP) is 1.05. The number of nitrogens with zero attached hydrogens (tertiary/aromatic N) is 2. The largest absolute Gasteiger partial charge is 0.315 e. The molecule has 1 aliphatic heterocycles. The smallest absolute Gasteiger partial charge is 0.145 e. The Morgan fingerprint density at radius 3 is 3.14 bits per heavy atom. The van der Waals surface area contributed by atoms with Crippen LogP contribution in [0.2, 0.25) is 0 Å². The molecule has 2 atom stereocenters. The number of nitriles is 1. The van der Waals surface area contributed by atoms with Crippen LogP contribution in [0.25, 0.3) is 0 Å². The highest BCUT2D eigenvalue weighted by Gasteiger charge is 2.31. The SMILES string of the molecule is N#CC1CNCC1c1ncccc1F. The molecule has 1 aromatic rings. The second kappa shape index (κ2) is 3.72. The summed E-state index contributed by atoms with van der Waals surface area (Å²) in [5, 5.41) is 11.9. The molecule has 2 unspecified atom stereocenters. The minimum Gasteiger partial charge on any atom is -0.315 e. The summed E-state index contributed by atoms with van der Waals surface area (Å²) >= 11 is 0. The summed E-state index contributed by atoms with van der Waals surface area (Å²) in [6.07, 6.45) is 1.56. The van der Waals surface area contributed by atoms with Crippen LogP contribution in [-0.4, -0.2) is 18.1 Å². The molecule has 0 spiro atoms. The second-order valence-corrected chi connectivity index (χ2v) is 3.37. The zero-order valence-corrected chi connectivity index (χ0v) is 7.57. The zero-order chi connectivity index (χ0) is 9.97. The van der Waals surface area contributed by atoms with E-state index in [1.165, 1.54) is 6.07 Å². The number of aromatic nitrogens is 1. The molecule has 4 heteroatoms. The minimum atomic E-state index is -0.318. The Morgan fingerprint density at radius 2 is 2.43 bits per heavy atom. The van der Waals surface area contributed by atoms with Crippen molar-refractivity contribution < 1.29 is 4.39 Å². The molecule has 1 N–H and O–H groups in total. The number of halogens is 1. The Balaban J connectivity index is 2.31. The lowest BCUT2D eigenvalue weighted by atomic mass is 9.93. The van der Waals surface area contributed by atoms with E-state index in [-0.39, 0.29) is 17.7 Å². The fraction of sp³-hybridized carbons (Fsp3) is 0.400. The minimum absolute atomic E-state index is 0.110. The summed E-state index contributed by atoms with van der Waals surface area (Å²) in [6, 6.07) is 5.11. The standard InChI is InChI=1S/C10H10FN3/c11-9-2-1-3-14-10(9)8-6-13-5-7(8)4-12/h1-3,7-8,13H,5-6H2. The Labute approximate surface area is 81.6 Å². The van der Waals surface area contributed by atoms with Crippen LogP contribution in [0.15, 0.2) is 18.3 Å². The number of rotatable bonds is 1. The van der Waals surface area contributed by atoms with E-state index in [1.54, 1.807) is 12.3 Å². The molecule has 72 valence electrons. The monoisotopic (exact) mass is 191 g/mol. The lowest BCUT2D eigenvalue weighted by molar-refractivity contribution is 0.545. The molecule has 2 rings (SSSR count). The molecule has 0 saturated carbocycles. The molecule has 0 aliphatic carbocycles. The van der Waals surface area contributed by atoms with Crippen LogP contribution in [0.5, 0.6) is 0 Å². The normalized spacial score (nSPS) is 26.0. The van der Waals surface area contributed by atoms with Crippen molar-refractivity contribution in [2.75, 3.05) is 13.1 Å². The van der Waals surface area contributed by atoms with E-state index in [9.17, 15) is 4.39 Å². The van der Waals surface area contributed by atoms with Gasteiger partial charge in [0.1, 0.15) is 5.82 Å². The van der Waals surface area contributed by atoms with E-state index >= 15 is 0 Å². The van der Waals surface area contributed by atoms with Gasteiger partial charge in [-0.15, -0.1) is 0 Å². The summed E-state index contributed by atoms with van der Waals surface area (Å²) < 4.78 is 13.4. The highest BCUT2D eigenvalue weighted by atomic mass is 19.1. The van der Waals surface area contributed by atoms with Gasteiger partial charge in [-0.2, -0.15) is 5.26 Å². The maximum Gasteiger partial charge on any atom is 0.145 e. The van der Waals surface area contributed by atoms with E-state index in [4.69, 9.17) is 5.26 Å². The molecular weight excluding hydrogens is 181 g/mol. The van der Waals surface area contributed by atoms with Crippen molar-refractivity contribution in [3.63, 3.8) is 0 Å². The van der Waals surface area contributed by atoms with Gasteiger partial charge in [-0.1, -0.05) is 0 Å². The quantitative estimate of drug-likeness (QED) is 0.721. The van der Waals surface area contributed by atoms with E-state index < -0.39 is 0 Å². The van der Waals surface area contributed by atoms with Gasteiger partial charge in [0.2, 0.25) is 0 Å².